The number of benzene rings is 1. The van der Waals surface area contributed by atoms with Crippen LogP contribution in [0.4, 0.5) is 4.39 Å². The fourth-order valence-corrected chi connectivity index (χ4v) is 2.56. The average molecular weight is 332 g/mol. The van der Waals surface area contributed by atoms with E-state index in [1.165, 1.54) is 12.1 Å². The maximum atomic E-state index is 12.9. The van der Waals surface area contributed by atoms with Crippen molar-refractivity contribution in [2.45, 2.75) is 19.4 Å². The van der Waals surface area contributed by atoms with Crippen molar-refractivity contribution < 1.29 is 13.5 Å². The smallest absolute Gasteiger partial charge is 0.226 e. The van der Waals surface area contributed by atoms with E-state index in [2.05, 4.69) is 9.98 Å². The van der Waals surface area contributed by atoms with Gasteiger partial charge in [-0.3, -0.25) is 4.99 Å². The number of morpholine rings is 1. The van der Waals surface area contributed by atoms with E-state index >= 15 is 0 Å². The first kappa shape index (κ1) is 16.4. The molecule has 1 atom stereocenters. The van der Waals surface area contributed by atoms with Crippen LogP contribution in [0.2, 0.25) is 0 Å². The molecular weight excluding hydrogens is 311 g/mol. The van der Waals surface area contributed by atoms with Crippen molar-refractivity contribution in [1.82, 2.24) is 9.88 Å². The lowest BCUT2D eigenvalue weighted by atomic mass is 10.2. The molecule has 6 nitrogen and oxygen atoms in total. The summed E-state index contributed by atoms with van der Waals surface area (Å²) in [6.07, 6.45) is 2.40. The van der Waals surface area contributed by atoms with Gasteiger partial charge < -0.3 is 19.8 Å². The van der Waals surface area contributed by atoms with E-state index in [0.717, 1.165) is 24.3 Å². The zero-order chi connectivity index (χ0) is 16.9. The van der Waals surface area contributed by atoms with Crippen molar-refractivity contribution in [3.8, 4) is 11.5 Å². The van der Waals surface area contributed by atoms with Gasteiger partial charge in [-0.1, -0.05) is 0 Å². The lowest BCUT2D eigenvalue weighted by Gasteiger charge is -2.31. The summed E-state index contributed by atoms with van der Waals surface area (Å²) in [5, 5.41) is 0. The van der Waals surface area contributed by atoms with E-state index < -0.39 is 0 Å². The summed E-state index contributed by atoms with van der Waals surface area (Å²) in [7, 11) is 0. The molecule has 0 bridgehead atoms. The van der Waals surface area contributed by atoms with Crippen LogP contribution in [0.1, 0.15) is 12.6 Å². The van der Waals surface area contributed by atoms with Crippen molar-refractivity contribution in [2.24, 2.45) is 10.7 Å². The first-order valence-corrected chi connectivity index (χ1v) is 7.98. The molecule has 0 spiro atoms. The molecule has 1 aromatic carbocycles. The Morgan fingerprint density at radius 3 is 2.96 bits per heavy atom. The minimum atomic E-state index is -0.284. The Balaban J connectivity index is 1.55. The summed E-state index contributed by atoms with van der Waals surface area (Å²) in [5.41, 5.74) is 7.56. The van der Waals surface area contributed by atoms with Crippen molar-refractivity contribution in [3.05, 3.63) is 42.0 Å². The first-order chi connectivity index (χ1) is 11.6. The molecule has 1 unspecified atom stereocenters. The third-order valence-corrected chi connectivity index (χ3v) is 3.85. The third-order valence-electron chi connectivity index (χ3n) is 3.85. The Morgan fingerprint density at radius 2 is 2.21 bits per heavy atom. The molecule has 128 valence electrons. The monoisotopic (exact) mass is 332 g/mol. The van der Waals surface area contributed by atoms with Gasteiger partial charge in [-0.15, -0.1) is 0 Å². The lowest BCUT2D eigenvalue weighted by Crippen LogP contribution is -2.47. The molecule has 0 aliphatic carbocycles. The van der Waals surface area contributed by atoms with Crippen LogP contribution in [0.15, 0.2) is 39.9 Å². The number of hydrogen-bond acceptors (Lipinski definition) is 4. The van der Waals surface area contributed by atoms with Crippen molar-refractivity contribution >= 4 is 5.96 Å². The highest BCUT2D eigenvalue weighted by Gasteiger charge is 2.17. The molecule has 1 aromatic heterocycles. The zero-order valence-electron chi connectivity index (χ0n) is 13.6. The van der Waals surface area contributed by atoms with Crippen LogP contribution < -0.4 is 5.73 Å². The van der Waals surface area contributed by atoms with Gasteiger partial charge in [0.1, 0.15) is 12.1 Å². The van der Waals surface area contributed by atoms with E-state index in [1.807, 2.05) is 11.8 Å². The van der Waals surface area contributed by atoms with Crippen LogP contribution in [0, 0.1) is 5.82 Å². The second kappa shape index (κ2) is 7.44. The number of aliphatic imine (C=N–C) groups is 1. The van der Waals surface area contributed by atoms with E-state index in [0.29, 0.717) is 31.4 Å². The number of guanidine groups is 1. The van der Waals surface area contributed by atoms with Gasteiger partial charge in [0.15, 0.2) is 5.96 Å². The predicted octanol–water partition coefficient (Wildman–Crippen LogP) is 2.06. The van der Waals surface area contributed by atoms with Gasteiger partial charge in [0.25, 0.3) is 0 Å². The minimum absolute atomic E-state index is 0.168. The maximum absolute atomic E-state index is 12.9. The fraction of sp³-hybridized carbons (Fsp3) is 0.412. The van der Waals surface area contributed by atoms with Gasteiger partial charge in [-0.2, -0.15) is 0 Å². The first-order valence-electron chi connectivity index (χ1n) is 7.98. The molecule has 0 radical (unpaired) electrons. The molecule has 1 aliphatic heterocycles. The molecule has 7 heteroatoms. The maximum Gasteiger partial charge on any atom is 0.226 e. The Hall–Kier alpha value is -2.41. The fourth-order valence-electron chi connectivity index (χ4n) is 2.56. The van der Waals surface area contributed by atoms with E-state index in [-0.39, 0.29) is 11.9 Å². The van der Waals surface area contributed by atoms with Crippen LogP contribution in [0.25, 0.3) is 11.5 Å². The molecule has 2 aromatic rings. The molecule has 24 heavy (non-hydrogen) atoms. The van der Waals surface area contributed by atoms with Gasteiger partial charge in [-0.25, -0.2) is 9.37 Å². The molecule has 0 amide bonds. The van der Waals surface area contributed by atoms with Crippen LogP contribution in [-0.2, 0) is 11.2 Å². The van der Waals surface area contributed by atoms with Gasteiger partial charge in [-0.05, 0) is 31.2 Å². The summed E-state index contributed by atoms with van der Waals surface area (Å²) >= 11 is 0. The number of aromatic nitrogens is 1. The Kier molecular flexibility index (Phi) is 5.10. The van der Waals surface area contributed by atoms with Crippen LogP contribution in [0.3, 0.4) is 0 Å². The Bertz CT molecular complexity index is 699. The predicted molar refractivity (Wildman–Crippen MR) is 89.1 cm³/mol. The molecule has 2 heterocycles. The van der Waals surface area contributed by atoms with Crippen molar-refractivity contribution in [3.63, 3.8) is 0 Å². The standard InChI is InChI=1S/C17H21FN4O2/c1-12-10-22(8-9-23-12)17(19)20-7-6-15-11-24-16(21-15)13-2-4-14(18)5-3-13/h2-5,11-12H,6-10H2,1H3,(H2,19,20). The van der Waals surface area contributed by atoms with Crippen LogP contribution >= 0.6 is 0 Å². The minimum Gasteiger partial charge on any atom is -0.444 e. The van der Waals surface area contributed by atoms with Crippen LogP contribution in [-0.4, -0.2) is 48.2 Å². The number of nitrogens with zero attached hydrogens (tertiary/aromatic N) is 3. The number of hydrogen-bond donors (Lipinski definition) is 1. The summed E-state index contributed by atoms with van der Waals surface area (Å²) in [4.78, 5) is 10.8. The highest BCUT2D eigenvalue weighted by molar-refractivity contribution is 5.78. The molecule has 3 rings (SSSR count). The van der Waals surface area contributed by atoms with Gasteiger partial charge >= 0.3 is 0 Å². The highest BCUT2D eigenvalue weighted by Crippen LogP contribution is 2.19. The van der Waals surface area contributed by atoms with E-state index in [9.17, 15) is 4.39 Å². The summed E-state index contributed by atoms with van der Waals surface area (Å²) < 4.78 is 23.9. The zero-order valence-corrected chi connectivity index (χ0v) is 13.6. The van der Waals surface area contributed by atoms with Crippen LogP contribution in [0.5, 0.6) is 0 Å². The van der Waals surface area contributed by atoms with Gasteiger partial charge in [0.05, 0.1) is 18.4 Å². The van der Waals surface area contributed by atoms with Crippen molar-refractivity contribution in [1.29, 1.82) is 0 Å². The van der Waals surface area contributed by atoms with Crippen molar-refractivity contribution in [2.75, 3.05) is 26.2 Å². The summed E-state index contributed by atoms with van der Waals surface area (Å²) in [6, 6.07) is 6.04. The quantitative estimate of drug-likeness (QED) is 0.685. The third kappa shape index (κ3) is 4.11. The Labute approximate surface area is 140 Å². The SMILES string of the molecule is CC1CN(C(N)=NCCc2coc(-c3ccc(F)cc3)n2)CCO1. The molecule has 0 saturated carbocycles. The summed E-state index contributed by atoms with van der Waals surface area (Å²) in [6.45, 7) is 4.74. The molecular formula is C17H21FN4O2. The number of rotatable bonds is 4. The normalized spacial score (nSPS) is 18.8. The van der Waals surface area contributed by atoms with E-state index in [1.54, 1.807) is 18.4 Å². The average Bonchev–Trinajstić information content (AvgIpc) is 3.04. The molecule has 2 N–H and O–H groups in total. The summed E-state index contributed by atoms with van der Waals surface area (Å²) in [5.74, 6) is 0.726. The topological polar surface area (TPSA) is 76.9 Å². The Morgan fingerprint density at radius 1 is 1.42 bits per heavy atom. The van der Waals surface area contributed by atoms with E-state index in [4.69, 9.17) is 14.9 Å². The number of halogens is 1. The van der Waals surface area contributed by atoms with Gasteiger partial charge in [0, 0.05) is 31.6 Å². The highest BCUT2D eigenvalue weighted by atomic mass is 19.1. The number of ether oxygens (including phenoxy) is 1. The van der Waals surface area contributed by atoms with Gasteiger partial charge in [0.2, 0.25) is 5.89 Å². The molecule has 1 aliphatic rings. The largest absolute Gasteiger partial charge is 0.444 e. The second-order valence-electron chi connectivity index (χ2n) is 5.77. The molecule has 1 fully saturated rings. The number of oxazole rings is 1. The lowest BCUT2D eigenvalue weighted by molar-refractivity contribution is 0.00530. The second-order valence-corrected chi connectivity index (χ2v) is 5.77. The number of nitrogens with two attached hydrogens (primary N) is 1. The molecule has 1 saturated heterocycles.